The van der Waals surface area contributed by atoms with Crippen molar-refractivity contribution < 1.29 is 8.42 Å². The van der Waals surface area contributed by atoms with Gasteiger partial charge in [0.2, 0.25) is 10.0 Å². The van der Waals surface area contributed by atoms with Crippen molar-refractivity contribution in [3.8, 4) is 0 Å². The molecule has 0 radical (unpaired) electrons. The molecule has 3 aromatic rings. The van der Waals surface area contributed by atoms with E-state index < -0.39 is 16.1 Å². The smallest absolute Gasteiger partial charge is 0.241 e. The lowest BCUT2D eigenvalue weighted by Gasteiger charge is -2.40. The number of rotatable bonds is 7. The van der Waals surface area contributed by atoms with Crippen LogP contribution >= 0.6 is 0 Å². The highest BCUT2D eigenvalue weighted by atomic mass is 32.2. The number of sulfonamides is 1. The lowest BCUT2D eigenvalue weighted by atomic mass is 9.91. The summed E-state index contributed by atoms with van der Waals surface area (Å²) < 4.78 is 29.9. The van der Waals surface area contributed by atoms with Gasteiger partial charge in [0, 0.05) is 0 Å². The lowest BCUT2D eigenvalue weighted by Crippen LogP contribution is -2.43. The summed E-state index contributed by atoms with van der Waals surface area (Å²) >= 11 is 0. The van der Waals surface area contributed by atoms with Crippen molar-refractivity contribution in [2.75, 3.05) is 13.1 Å². The Bertz CT molecular complexity index is 1060. The first-order chi connectivity index (χ1) is 15.0. The molecule has 1 aliphatic rings. The van der Waals surface area contributed by atoms with E-state index >= 15 is 0 Å². The van der Waals surface area contributed by atoms with Crippen LogP contribution in [0.2, 0.25) is 0 Å². The second kappa shape index (κ2) is 9.77. The van der Waals surface area contributed by atoms with E-state index in [0.29, 0.717) is 4.90 Å². The molecule has 3 aromatic carbocycles. The van der Waals surface area contributed by atoms with Crippen molar-refractivity contribution >= 4 is 10.0 Å². The number of likely N-dealkylation sites (tertiary alicyclic amines) is 1. The summed E-state index contributed by atoms with van der Waals surface area (Å²) in [5, 5.41) is 0. The molecule has 1 fully saturated rings. The second-order valence-corrected chi connectivity index (χ2v) is 9.99. The van der Waals surface area contributed by atoms with E-state index in [1.807, 2.05) is 67.6 Å². The zero-order valence-electron chi connectivity index (χ0n) is 17.9. The molecule has 0 spiro atoms. The maximum atomic E-state index is 13.4. The van der Waals surface area contributed by atoms with Gasteiger partial charge in [0.1, 0.15) is 0 Å². The zero-order valence-corrected chi connectivity index (χ0v) is 18.8. The van der Waals surface area contributed by atoms with Crippen molar-refractivity contribution in [2.45, 2.75) is 43.2 Å². The maximum Gasteiger partial charge on any atom is 0.241 e. The molecular formula is C26H30N2O2S. The van der Waals surface area contributed by atoms with Crippen LogP contribution in [0.3, 0.4) is 0 Å². The number of nitrogens with zero attached hydrogens (tertiary/aromatic N) is 1. The molecule has 0 aliphatic carbocycles. The standard InChI is InChI=1S/C26H30N2O2S/c1-21-15-17-24(18-16-21)31(29,30)27-25(22-11-5-2-6-12-22)26(23-13-7-3-8-14-23)28-19-9-4-10-20-28/h2-3,5-8,11-18,25-27H,4,9-10,19-20H2,1H3/t25-,26-/m1/s1. The molecule has 0 saturated carbocycles. The molecule has 0 aromatic heterocycles. The van der Waals surface area contributed by atoms with E-state index in [-0.39, 0.29) is 6.04 Å². The summed E-state index contributed by atoms with van der Waals surface area (Å²) in [5.41, 5.74) is 3.14. The maximum absolute atomic E-state index is 13.4. The molecule has 0 bridgehead atoms. The summed E-state index contributed by atoms with van der Waals surface area (Å²) in [4.78, 5) is 2.73. The first kappa shape index (κ1) is 21.8. The fourth-order valence-electron chi connectivity index (χ4n) is 4.39. The third kappa shape index (κ3) is 5.24. The van der Waals surface area contributed by atoms with Crippen LogP contribution in [-0.2, 0) is 10.0 Å². The topological polar surface area (TPSA) is 49.4 Å². The molecule has 0 unspecified atom stereocenters. The van der Waals surface area contributed by atoms with Crippen molar-refractivity contribution in [1.82, 2.24) is 9.62 Å². The van der Waals surface area contributed by atoms with Gasteiger partial charge in [0.25, 0.3) is 0 Å². The number of hydrogen-bond acceptors (Lipinski definition) is 3. The van der Waals surface area contributed by atoms with E-state index in [2.05, 4.69) is 21.8 Å². The minimum absolute atomic E-state index is 0.0795. The molecule has 1 aliphatic heterocycles. The minimum Gasteiger partial charge on any atom is -0.294 e. The van der Waals surface area contributed by atoms with Crippen LogP contribution in [0.15, 0.2) is 89.8 Å². The molecule has 4 rings (SSSR count). The van der Waals surface area contributed by atoms with Crippen LogP contribution in [0.1, 0.15) is 48.0 Å². The van der Waals surface area contributed by atoms with Crippen LogP contribution in [-0.4, -0.2) is 26.4 Å². The minimum atomic E-state index is -3.69. The molecular weight excluding hydrogens is 404 g/mol. The van der Waals surface area contributed by atoms with E-state index in [0.717, 1.165) is 42.6 Å². The van der Waals surface area contributed by atoms with E-state index in [1.165, 1.54) is 6.42 Å². The van der Waals surface area contributed by atoms with Crippen LogP contribution in [0, 0.1) is 6.92 Å². The Balaban J connectivity index is 1.78. The van der Waals surface area contributed by atoms with Crippen LogP contribution in [0.25, 0.3) is 0 Å². The molecule has 4 nitrogen and oxygen atoms in total. The van der Waals surface area contributed by atoms with Crippen LogP contribution in [0.4, 0.5) is 0 Å². The average Bonchev–Trinajstić information content (AvgIpc) is 2.81. The molecule has 1 N–H and O–H groups in total. The van der Waals surface area contributed by atoms with Gasteiger partial charge in [-0.2, -0.15) is 0 Å². The summed E-state index contributed by atoms with van der Waals surface area (Å²) in [6.07, 6.45) is 3.49. The average molecular weight is 435 g/mol. The number of piperidine rings is 1. The van der Waals surface area contributed by atoms with Crippen molar-refractivity contribution in [3.63, 3.8) is 0 Å². The number of aryl methyl sites for hydroxylation is 1. The van der Waals surface area contributed by atoms with Gasteiger partial charge in [-0.15, -0.1) is 0 Å². The van der Waals surface area contributed by atoms with Crippen molar-refractivity contribution in [1.29, 1.82) is 0 Å². The lowest BCUT2D eigenvalue weighted by molar-refractivity contribution is 0.137. The summed E-state index contributed by atoms with van der Waals surface area (Å²) in [7, 11) is -3.69. The molecule has 5 heteroatoms. The molecule has 2 atom stereocenters. The Morgan fingerprint density at radius 2 is 1.29 bits per heavy atom. The molecule has 31 heavy (non-hydrogen) atoms. The Morgan fingerprint density at radius 1 is 0.742 bits per heavy atom. The second-order valence-electron chi connectivity index (χ2n) is 8.27. The largest absolute Gasteiger partial charge is 0.294 e. The highest BCUT2D eigenvalue weighted by Gasteiger charge is 2.34. The van der Waals surface area contributed by atoms with Gasteiger partial charge in [-0.05, 0) is 56.1 Å². The summed E-state index contributed by atoms with van der Waals surface area (Å²) in [6, 6.07) is 26.8. The van der Waals surface area contributed by atoms with Gasteiger partial charge >= 0.3 is 0 Å². The number of hydrogen-bond donors (Lipinski definition) is 1. The number of benzene rings is 3. The Labute approximate surface area is 186 Å². The predicted molar refractivity (Wildman–Crippen MR) is 125 cm³/mol. The fraction of sp³-hybridized carbons (Fsp3) is 0.308. The van der Waals surface area contributed by atoms with Crippen LogP contribution in [0.5, 0.6) is 0 Å². The first-order valence-corrected chi connectivity index (χ1v) is 12.5. The molecule has 1 heterocycles. The number of nitrogens with one attached hydrogen (secondary N) is 1. The normalized spacial score (nSPS) is 17.2. The van der Waals surface area contributed by atoms with Gasteiger partial charge in [-0.3, -0.25) is 4.90 Å². The summed E-state index contributed by atoms with van der Waals surface area (Å²) in [6.45, 7) is 3.89. The fourth-order valence-corrected chi connectivity index (χ4v) is 5.62. The quantitative estimate of drug-likeness (QED) is 0.553. The summed E-state index contributed by atoms with van der Waals surface area (Å²) in [5.74, 6) is 0. The first-order valence-electron chi connectivity index (χ1n) is 11.0. The van der Waals surface area contributed by atoms with E-state index in [4.69, 9.17) is 0 Å². The van der Waals surface area contributed by atoms with Crippen LogP contribution < -0.4 is 4.72 Å². The Morgan fingerprint density at radius 3 is 1.87 bits per heavy atom. The highest BCUT2D eigenvalue weighted by molar-refractivity contribution is 7.89. The molecule has 0 amide bonds. The van der Waals surface area contributed by atoms with E-state index in [9.17, 15) is 8.42 Å². The Kier molecular flexibility index (Phi) is 6.86. The highest BCUT2D eigenvalue weighted by Crippen LogP contribution is 2.37. The Hall–Kier alpha value is -2.47. The van der Waals surface area contributed by atoms with E-state index in [1.54, 1.807) is 12.1 Å². The molecule has 1 saturated heterocycles. The third-order valence-electron chi connectivity index (χ3n) is 6.01. The monoisotopic (exact) mass is 434 g/mol. The molecule has 162 valence electrons. The van der Waals surface area contributed by atoms with Gasteiger partial charge in [-0.25, -0.2) is 13.1 Å². The van der Waals surface area contributed by atoms with Crippen molar-refractivity contribution in [2.24, 2.45) is 0 Å². The zero-order chi connectivity index (χ0) is 21.7. The van der Waals surface area contributed by atoms with Crippen molar-refractivity contribution in [3.05, 3.63) is 102 Å². The SMILES string of the molecule is Cc1ccc(S(=O)(=O)N[C@H](c2ccccc2)[C@@H](c2ccccc2)N2CCCCC2)cc1. The van der Waals surface area contributed by atoms with Gasteiger partial charge < -0.3 is 0 Å². The van der Waals surface area contributed by atoms with Gasteiger partial charge in [-0.1, -0.05) is 84.8 Å². The predicted octanol–water partition coefficient (Wildman–Crippen LogP) is 5.24. The van der Waals surface area contributed by atoms with Gasteiger partial charge in [0.05, 0.1) is 17.0 Å². The van der Waals surface area contributed by atoms with Gasteiger partial charge in [0.15, 0.2) is 0 Å². The third-order valence-corrected chi connectivity index (χ3v) is 7.47.